The maximum atomic E-state index is 12.6. The molecule has 1 fully saturated rings. The molecule has 0 aliphatic carbocycles. The van der Waals surface area contributed by atoms with Gasteiger partial charge in [-0.2, -0.15) is 0 Å². The van der Waals surface area contributed by atoms with Gasteiger partial charge in [0.05, 0.1) is 7.11 Å². The van der Waals surface area contributed by atoms with Crippen LogP contribution in [0.15, 0.2) is 54.6 Å². The number of para-hydroxylation sites is 1. The number of ether oxygens (including phenoxy) is 6. The van der Waals surface area contributed by atoms with Gasteiger partial charge in [-0.15, -0.1) is 0 Å². The smallest absolute Gasteiger partial charge is 0.339 e. The lowest BCUT2D eigenvalue weighted by molar-refractivity contribution is -0.282. The van der Waals surface area contributed by atoms with Crippen LogP contribution in [0.3, 0.4) is 0 Å². The molecule has 0 N–H and O–H groups in total. The molecule has 10 nitrogen and oxygen atoms in total. The Morgan fingerprint density at radius 3 is 1.86 bits per heavy atom. The van der Waals surface area contributed by atoms with Gasteiger partial charge < -0.3 is 28.4 Å². The first-order valence-corrected chi connectivity index (χ1v) is 10.8. The normalized spacial score (nSPS) is 23.5. The summed E-state index contributed by atoms with van der Waals surface area (Å²) in [5.41, 5.74) is 1.53. The Hall–Kier alpha value is -3.92. The van der Waals surface area contributed by atoms with Crippen LogP contribution < -0.4 is 4.74 Å². The van der Waals surface area contributed by atoms with Crippen LogP contribution in [0.2, 0.25) is 0 Å². The van der Waals surface area contributed by atoms with Gasteiger partial charge in [0.15, 0.2) is 18.3 Å². The van der Waals surface area contributed by atoms with E-state index in [2.05, 4.69) is 0 Å². The molecule has 35 heavy (non-hydrogen) atoms. The fourth-order valence-electron chi connectivity index (χ4n) is 3.73. The van der Waals surface area contributed by atoms with E-state index in [-0.39, 0.29) is 0 Å². The van der Waals surface area contributed by atoms with Crippen molar-refractivity contribution in [3.63, 3.8) is 0 Å². The molecule has 1 aliphatic rings. The Labute approximate surface area is 202 Å². The van der Waals surface area contributed by atoms with Crippen LogP contribution in [0.5, 0.6) is 5.75 Å². The lowest BCUT2D eigenvalue weighted by atomic mass is 9.97. The fraction of sp³-hybridized carbons (Fsp3) is 0.360. The Morgan fingerprint density at radius 2 is 1.26 bits per heavy atom. The van der Waals surface area contributed by atoms with Crippen molar-refractivity contribution in [3.05, 3.63) is 54.6 Å². The quantitative estimate of drug-likeness (QED) is 0.426. The van der Waals surface area contributed by atoms with E-state index < -0.39 is 54.6 Å². The van der Waals surface area contributed by atoms with Gasteiger partial charge in [0.25, 0.3) is 0 Å². The van der Waals surface area contributed by atoms with Crippen molar-refractivity contribution in [1.29, 1.82) is 0 Å². The van der Waals surface area contributed by atoms with Crippen molar-refractivity contribution < 1.29 is 47.6 Å². The molecule has 0 radical (unpaired) electrons. The van der Waals surface area contributed by atoms with Crippen LogP contribution in [-0.2, 0) is 42.9 Å². The molecule has 0 unspecified atom stereocenters. The Morgan fingerprint density at radius 1 is 0.714 bits per heavy atom. The molecule has 10 heteroatoms. The number of carbonyl (C=O) groups excluding carboxylic acids is 4. The highest BCUT2D eigenvalue weighted by molar-refractivity contribution is 5.77. The molecular formula is C25H26O10. The molecule has 1 saturated heterocycles. The van der Waals surface area contributed by atoms with E-state index in [1.165, 1.54) is 0 Å². The lowest BCUT2D eigenvalue weighted by Gasteiger charge is -2.43. The average molecular weight is 486 g/mol. The predicted octanol–water partition coefficient (Wildman–Crippen LogP) is 2.43. The van der Waals surface area contributed by atoms with E-state index in [9.17, 15) is 19.2 Å². The molecule has 186 valence electrons. The predicted molar refractivity (Wildman–Crippen MR) is 120 cm³/mol. The van der Waals surface area contributed by atoms with E-state index in [1.807, 2.05) is 42.5 Å². The summed E-state index contributed by atoms with van der Waals surface area (Å²) in [5, 5.41) is 0. The highest BCUT2D eigenvalue weighted by atomic mass is 16.7. The molecule has 5 atom stereocenters. The number of carbonyl (C=O) groups is 4. The molecule has 2 aromatic rings. The van der Waals surface area contributed by atoms with Crippen molar-refractivity contribution in [2.75, 3.05) is 7.11 Å². The summed E-state index contributed by atoms with van der Waals surface area (Å²) in [4.78, 5) is 48.2. The SMILES string of the molecule is COC(=O)[C@H]1O[C@@H](Oc2ccccc2-c2ccccc2)[C@H](OC(C)=O)[C@@H](OC(C)=O)[C@@H]1OC(C)=O. The van der Waals surface area contributed by atoms with Gasteiger partial charge in [-0.25, -0.2) is 4.79 Å². The van der Waals surface area contributed by atoms with Crippen molar-refractivity contribution in [2.24, 2.45) is 0 Å². The molecule has 2 aromatic carbocycles. The molecule has 1 aliphatic heterocycles. The van der Waals surface area contributed by atoms with Gasteiger partial charge in [0, 0.05) is 26.3 Å². The molecule has 0 aromatic heterocycles. The molecule has 0 spiro atoms. The van der Waals surface area contributed by atoms with E-state index in [0.29, 0.717) is 11.3 Å². The second-order valence-corrected chi connectivity index (χ2v) is 7.65. The molecule has 0 amide bonds. The Balaban J connectivity index is 2.06. The summed E-state index contributed by atoms with van der Waals surface area (Å²) >= 11 is 0. The minimum atomic E-state index is -1.53. The average Bonchev–Trinajstić information content (AvgIpc) is 2.82. The second-order valence-electron chi connectivity index (χ2n) is 7.65. The first-order chi connectivity index (χ1) is 16.7. The van der Waals surface area contributed by atoms with E-state index in [1.54, 1.807) is 12.1 Å². The highest BCUT2D eigenvalue weighted by Crippen LogP contribution is 2.35. The molecule has 0 bridgehead atoms. The minimum absolute atomic E-state index is 0.344. The summed E-state index contributed by atoms with van der Waals surface area (Å²) in [5.74, 6) is -2.84. The summed E-state index contributed by atoms with van der Waals surface area (Å²) in [6.45, 7) is 3.38. The van der Waals surface area contributed by atoms with Gasteiger partial charge in [-0.1, -0.05) is 48.5 Å². The first-order valence-electron chi connectivity index (χ1n) is 10.8. The maximum Gasteiger partial charge on any atom is 0.339 e. The number of rotatable bonds is 7. The van der Waals surface area contributed by atoms with Gasteiger partial charge in [-0.3, -0.25) is 14.4 Å². The van der Waals surface area contributed by atoms with Crippen LogP contribution in [0.4, 0.5) is 0 Å². The first kappa shape index (κ1) is 25.7. The largest absolute Gasteiger partial charge is 0.467 e. The maximum absolute atomic E-state index is 12.6. The van der Waals surface area contributed by atoms with Crippen LogP contribution in [-0.4, -0.2) is 61.7 Å². The third-order valence-corrected chi connectivity index (χ3v) is 5.05. The van der Waals surface area contributed by atoms with Gasteiger partial charge >= 0.3 is 23.9 Å². The van der Waals surface area contributed by atoms with Crippen LogP contribution in [0.1, 0.15) is 20.8 Å². The lowest BCUT2D eigenvalue weighted by Crippen LogP contribution is -2.64. The zero-order chi connectivity index (χ0) is 25.5. The standard InChI is InChI=1S/C25H26O10/c1-14(26)31-20-21(32-15(2)27)23(33-16(3)28)25(35-22(20)24(29)30-4)34-19-13-9-8-12-18(19)17-10-6-5-7-11-17/h5-13,20-23,25H,1-4H3/t20-,21-,22-,23+,25+/m0/s1. The zero-order valence-electron chi connectivity index (χ0n) is 19.7. The second kappa shape index (κ2) is 11.5. The van der Waals surface area contributed by atoms with E-state index in [4.69, 9.17) is 28.4 Å². The van der Waals surface area contributed by atoms with Gasteiger partial charge in [-0.05, 0) is 11.6 Å². The summed E-state index contributed by atoms with van der Waals surface area (Å²) in [6.07, 6.45) is -7.23. The third-order valence-electron chi connectivity index (χ3n) is 5.05. The van der Waals surface area contributed by atoms with E-state index >= 15 is 0 Å². The molecule has 3 rings (SSSR count). The van der Waals surface area contributed by atoms with Crippen LogP contribution in [0.25, 0.3) is 11.1 Å². The van der Waals surface area contributed by atoms with Gasteiger partial charge in [0.1, 0.15) is 5.75 Å². The van der Waals surface area contributed by atoms with Crippen LogP contribution in [0, 0.1) is 0 Å². The monoisotopic (exact) mass is 486 g/mol. The van der Waals surface area contributed by atoms with Crippen molar-refractivity contribution in [3.8, 4) is 16.9 Å². The number of esters is 4. The Kier molecular flexibility index (Phi) is 8.43. The van der Waals surface area contributed by atoms with E-state index in [0.717, 1.165) is 33.4 Å². The van der Waals surface area contributed by atoms with Crippen molar-refractivity contribution >= 4 is 23.9 Å². The number of hydrogen-bond acceptors (Lipinski definition) is 10. The minimum Gasteiger partial charge on any atom is -0.467 e. The zero-order valence-corrected chi connectivity index (χ0v) is 19.7. The molecule has 1 heterocycles. The number of benzene rings is 2. The summed E-state index contributed by atoms with van der Waals surface area (Å²) in [7, 11) is 1.12. The number of hydrogen-bond donors (Lipinski definition) is 0. The third kappa shape index (κ3) is 6.36. The molecule has 0 saturated carbocycles. The summed E-state index contributed by atoms with van der Waals surface area (Å²) in [6, 6.07) is 16.4. The van der Waals surface area contributed by atoms with Crippen molar-refractivity contribution in [1.82, 2.24) is 0 Å². The summed E-state index contributed by atoms with van der Waals surface area (Å²) < 4.78 is 32.8. The van der Waals surface area contributed by atoms with Crippen LogP contribution >= 0.6 is 0 Å². The Bertz CT molecular complexity index is 1070. The number of methoxy groups -OCH3 is 1. The molecular weight excluding hydrogens is 460 g/mol. The topological polar surface area (TPSA) is 124 Å². The van der Waals surface area contributed by atoms with Crippen molar-refractivity contribution in [2.45, 2.75) is 51.5 Å². The highest BCUT2D eigenvalue weighted by Gasteiger charge is 2.55. The fourth-order valence-corrected chi connectivity index (χ4v) is 3.73. The van der Waals surface area contributed by atoms with Gasteiger partial charge in [0.2, 0.25) is 12.4 Å².